The van der Waals surface area contributed by atoms with Crippen molar-refractivity contribution in [1.29, 1.82) is 0 Å². The van der Waals surface area contributed by atoms with E-state index < -0.39 is 0 Å². The SMILES string of the molecule is O=C(NCc1ccc(N2CCCC2=O)cc1)N1CCC[C@@H](Cn2ccnc2)C1. The number of carbonyl (C=O) groups is 2. The third kappa shape index (κ3) is 4.35. The van der Waals surface area contributed by atoms with E-state index in [1.807, 2.05) is 46.6 Å². The summed E-state index contributed by atoms with van der Waals surface area (Å²) < 4.78 is 2.08. The van der Waals surface area contributed by atoms with Gasteiger partial charge in [-0.3, -0.25) is 4.79 Å². The quantitative estimate of drug-likeness (QED) is 0.866. The molecule has 2 aromatic rings. The molecule has 7 heteroatoms. The maximum absolute atomic E-state index is 12.6. The number of amides is 3. The summed E-state index contributed by atoms with van der Waals surface area (Å²) in [7, 11) is 0. The minimum atomic E-state index is -0.00544. The van der Waals surface area contributed by atoms with E-state index in [2.05, 4.69) is 14.9 Å². The number of carbonyl (C=O) groups excluding carboxylic acids is 2. The van der Waals surface area contributed by atoms with E-state index in [0.717, 1.165) is 56.7 Å². The predicted molar refractivity (Wildman–Crippen MR) is 107 cm³/mol. The summed E-state index contributed by atoms with van der Waals surface area (Å²) in [6.07, 6.45) is 9.32. The van der Waals surface area contributed by atoms with Crippen LogP contribution in [0.1, 0.15) is 31.2 Å². The lowest BCUT2D eigenvalue weighted by molar-refractivity contribution is -0.117. The molecule has 1 aromatic carbocycles. The van der Waals surface area contributed by atoms with Crippen LogP contribution in [0.5, 0.6) is 0 Å². The van der Waals surface area contributed by atoms with Crippen LogP contribution >= 0.6 is 0 Å². The van der Waals surface area contributed by atoms with Gasteiger partial charge in [0.15, 0.2) is 0 Å². The van der Waals surface area contributed by atoms with E-state index in [9.17, 15) is 9.59 Å². The van der Waals surface area contributed by atoms with Crippen LogP contribution in [0.25, 0.3) is 0 Å². The number of piperidine rings is 1. The van der Waals surface area contributed by atoms with Crippen molar-refractivity contribution in [3.8, 4) is 0 Å². The molecule has 1 atom stereocenters. The Hall–Kier alpha value is -2.83. The Balaban J connectivity index is 1.27. The highest BCUT2D eigenvalue weighted by Crippen LogP contribution is 2.22. The minimum absolute atomic E-state index is 0.00544. The number of hydrogen-bond acceptors (Lipinski definition) is 3. The number of nitrogens with zero attached hydrogens (tertiary/aromatic N) is 4. The first-order valence-corrected chi connectivity index (χ1v) is 10.1. The number of hydrogen-bond donors (Lipinski definition) is 1. The third-order valence-electron chi connectivity index (χ3n) is 5.60. The third-order valence-corrected chi connectivity index (χ3v) is 5.60. The fourth-order valence-electron chi connectivity index (χ4n) is 4.10. The average molecular weight is 381 g/mol. The molecule has 2 saturated heterocycles. The molecule has 4 rings (SSSR count). The van der Waals surface area contributed by atoms with Crippen molar-refractivity contribution in [2.75, 3.05) is 24.5 Å². The van der Waals surface area contributed by atoms with Crippen molar-refractivity contribution in [1.82, 2.24) is 19.8 Å². The summed E-state index contributed by atoms with van der Waals surface area (Å²) in [6, 6.07) is 7.90. The van der Waals surface area contributed by atoms with Crippen LogP contribution in [-0.2, 0) is 17.9 Å². The number of benzene rings is 1. The zero-order chi connectivity index (χ0) is 19.3. The van der Waals surface area contributed by atoms with Crippen LogP contribution in [0, 0.1) is 5.92 Å². The van der Waals surface area contributed by atoms with E-state index in [0.29, 0.717) is 18.9 Å². The second kappa shape index (κ2) is 8.46. The molecule has 0 saturated carbocycles. The number of aromatic nitrogens is 2. The lowest BCUT2D eigenvalue weighted by Crippen LogP contribution is -2.46. The lowest BCUT2D eigenvalue weighted by atomic mass is 9.98. The van der Waals surface area contributed by atoms with Gasteiger partial charge >= 0.3 is 6.03 Å². The van der Waals surface area contributed by atoms with Crippen molar-refractivity contribution in [3.63, 3.8) is 0 Å². The zero-order valence-electron chi connectivity index (χ0n) is 16.1. The molecule has 28 heavy (non-hydrogen) atoms. The Kier molecular flexibility index (Phi) is 5.60. The Morgan fingerprint density at radius 1 is 1.18 bits per heavy atom. The number of rotatable bonds is 5. The van der Waals surface area contributed by atoms with Gasteiger partial charge in [0, 0.05) is 57.2 Å². The minimum Gasteiger partial charge on any atom is -0.337 e. The van der Waals surface area contributed by atoms with Gasteiger partial charge < -0.3 is 19.7 Å². The molecule has 2 aliphatic rings. The molecule has 7 nitrogen and oxygen atoms in total. The first kappa shape index (κ1) is 18.5. The molecule has 1 aromatic heterocycles. The summed E-state index contributed by atoms with van der Waals surface area (Å²) in [5, 5.41) is 3.03. The largest absolute Gasteiger partial charge is 0.337 e. The lowest BCUT2D eigenvalue weighted by Gasteiger charge is -2.33. The number of imidazole rings is 1. The van der Waals surface area contributed by atoms with Crippen molar-refractivity contribution in [3.05, 3.63) is 48.5 Å². The number of likely N-dealkylation sites (tertiary alicyclic amines) is 1. The fourth-order valence-corrected chi connectivity index (χ4v) is 4.10. The van der Waals surface area contributed by atoms with Gasteiger partial charge in [-0.25, -0.2) is 9.78 Å². The van der Waals surface area contributed by atoms with Gasteiger partial charge in [0.25, 0.3) is 0 Å². The molecule has 3 amide bonds. The van der Waals surface area contributed by atoms with Gasteiger partial charge in [0.05, 0.1) is 6.33 Å². The van der Waals surface area contributed by atoms with Gasteiger partial charge in [-0.1, -0.05) is 12.1 Å². The second-order valence-corrected chi connectivity index (χ2v) is 7.69. The van der Waals surface area contributed by atoms with Crippen molar-refractivity contribution in [2.24, 2.45) is 5.92 Å². The first-order valence-electron chi connectivity index (χ1n) is 10.1. The molecule has 2 aliphatic heterocycles. The molecule has 3 heterocycles. The summed E-state index contributed by atoms with van der Waals surface area (Å²) in [5.41, 5.74) is 1.98. The first-order chi connectivity index (χ1) is 13.7. The van der Waals surface area contributed by atoms with Gasteiger partial charge in [-0.2, -0.15) is 0 Å². The maximum Gasteiger partial charge on any atom is 0.317 e. The summed E-state index contributed by atoms with van der Waals surface area (Å²) in [4.78, 5) is 32.3. The number of nitrogens with one attached hydrogen (secondary N) is 1. The Morgan fingerprint density at radius 3 is 2.75 bits per heavy atom. The summed E-state index contributed by atoms with van der Waals surface area (Å²) in [6.45, 7) is 3.78. The summed E-state index contributed by atoms with van der Waals surface area (Å²) in [5.74, 6) is 0.655. The average Bonchev–Trinajstić information content (AvgIpc) is 3.38. The molecule has 0 spiro atoms. The van der Waals surface area contributed by atoms with Crippen LogP contribution < -0.4 is 10.2 Å². The van der Waals surface area contributed by atoms with Crippen LogP contribution in [0.4, 0.5) is 10.5 Å². The van der Waals surface area contributed by atoms with E-state index >= 15 is 0 Å². The van der Waals surface area contributed by atoms with Gasteiger partial charge in [-0.05, 0) is 42.9 Å². The molecule has 148 valence electrons. The fraction of sp³-hybridized carbons (Fsp3) is 0.476. The molecule has 2 fully saturated rings. The van der Waals surface area contributed by atoms with E-state index in [-0.39, 0.29) is 11.9 Å². The molecule has 0 unspecified atom stereocenters. The highest BCUT2D eigenvalue weighted by Gasteiger charge is 2.24. The zero-order valence-corrected chi connectivity index (χ0v) is 16.1. The van der Waals surface area contributed by atoms with Gasteiger partial charge in [0.1, 0.15) is 0 Å². The normalized spacial score (nSPS) is 19.9. The maximum atomic E-state index is 12.6. The topological polar surface area (TPSA) is 70.5 Å². The molecule has 0 radical (unpaired) electrons. The Morgan fingerprint density at radius 2 is 2.04 bits per heavy atom. The number of urea groups is 1. The highest BCUT2D eigenvalue weighted by molar-refractivity contribution is 5.95. The van der Waals surface area contributed by atoms with Crippen LogP contribution in [0.3, 0.4) is 0 Å². The molecule has 0 aliphatic carbocycles. The second-order valence-electron chi connectivity index (χ2n) is 7.69. The molecular formula is C21H27N5O2. The van der Waals surface area contributed by atoms with Gasteiger partial charge in [0.2, 0.25) is 5.91 Å². The predicted octanol–water partition coefficient (Wildman–Crippen LogP) is 2.63. The Labute approximate surface area is 165 Å². The summed E-state index contributed by atoms with van der Waals surface area (Å²) >= 11 is 0. The van der Waals surface area contributed by atoms with Crippen molar-refractivity contribution < 1.29 is 9.59 Å². The highest BCUT2D eigenvalue weighted by atomic mass is 16.2. The molecular weight excluding hydrogens is 354 g/mol. The van der Waals surface area contributed by atoms with Crippen LogP contribution in [0.2, 0.25) is 0 Å². The van der Waals surface area contributed by atoms with E-state index in [1.165, 1.54) is 0 Å². The molecule has 1 N–H and O–H groups in total. The van der Waals surface area contributed by atoms with Crippen LogP contribution in [-0.4, -0.2) is 46.0 Å². The monoisotopic (exact) mass is 381 g/mol. The van der Waals surface area contributed by atoms with Crippen LogP contribution in [0.15, 0.2) is 43.0 Å². The standard InChI is InChI=1S/C21H27N5O2/c27-20-4-2-11-26(20)19-7-5-17(6-8-19)13-23-21(28)25-10-1-3-18(15-25)14-24-12-9-22-16-24/h5-9,12,16,18H,1-4,10-11,13-15H2,(H,23,28)/t18-/m0/s1. The number of anilines is 1. The van der Waals surface area contributed by atoms with E-state index in [4.69, 9.17) is 0 Å². The van der Waals surface area contributed by atoms with Crippen molar-refractivity contribution >= 4 is 17.6 Å². The Bertz CT molecular complexity index is 803. The smallest absolute Gasteiger partial charge is 0.317 e. The van der Waals surface area contributed by atoms with Gasteiger partial charge in [-0.15, -0.1) is 0 Å². The van der Waals surface area contributed by atoms with Crippen molar-refractivity contribution in [2.45, 2.75) is 38.8 Å². The molecule has 0 bridgehead atoms. The van der Waals surface area contributed by atoms with E-state index in [1.54, 1.807) is 6.20 Å².